The normalized spacial score (nSPS) is 9.27. The van der Waals surface area contributed by atoms with E-state index in [1.165, 1.54) is 12.5 Å². The van der Waals surface area contributed by atoms with Crippen molar-refractivity contribution in [2.75, 3.05) is 7.05 Å². The molecule has 0 aromatic carbocycles. The van der Waals surface area contributed by atoms with Crippen LogP contribution in [0.4, 0.5) is 0 Å². The molecule has 11 heavy (non-hydrogen) atoms. The Labute approximate surface area is 72.2 Å². The first-order valence-corrected chi connectivity index (χ1v) is 3.72. The lowest BCUT2D eigenvalue weighted by Gasteiger charge is -1.98. The van der Waals surface area contributed by atoms with Gasteiger partial charge in [-0.05, 0) is 15.9 Å². The van der Waals surface area contributed by atoms with E-state index < -0.39 is 0 Å². The maximum Gasteiger partial charge on any atom is 0.270 e. The minimum atomic E-state index is -0.223. The second kappa shape index (κ2) is 3.43. The summed E-state index contributed by atoms with van der Waals surface area (Å²) in [6.45, 7) is 0. The molecule has 1 aromatic rings. The van der Waals surface area contributed by atoms with Crippen LogP contribution in [0.15, 0.2) is 17.0 Å². The van der Waals surface area contributed by atoms with Gasteiger partial charge in [0.25, 0.3) is 5.91 Å². The van der Waals surface area contributed by atoms with Gasteiger partial charge >= 0.3 is 0 Å². The SMILES string of the molecule is CNC(=O)c1ncncc1Br. The lowest BCUT2D eigenvalue weighted by molar-refractivity contribution is 0.0957. The van der Waals surface area contributed by atoms with Gasteiger partial charge in [0.05, 0.1) is 4.47 Å². The summed E-state index contributed by atoms with van der Waals surface area (Å²) in [5.41, 5.74) is 0.350. The van der Waals surface area contributed by atoms with Crippen LogP contribution in [0.2, 0.25) is 0 Å². The van der Waals surface area contributed by atoms with E-state index in [0.717, 1.165) is 0 Å². The molecule has 5 heteroatoms. The van der Waals surface area contributed by atoms with E-state index in [4.69, 9.17) is 0 Å². The van der Waals surface area contributed by atoms with Crippen molar-refractivity contribution in [3.63, 3.8) is 0 Å². The van der Waals surface area contributed by atoms with Gasteiger partial charge in [0.2, 0.25) is 0 Å². The second-order valence-electron chi connectivity index (χ2n) is 1.80. The van der Waals surface area contributed by atoms with Crippen LogP contribution in [-0.2, 0) is 0 Å². The van der Waals surface area contributed by atoms with Crippen LogP contribution in [-0.4, -0.2) is 22.9 Å². The highest BCUT2D eigenvalue weighted by Gasteiger charge is 2.07. The number of nitrogens with one attached hydrogen (secondary N) is 1. The predicted molar refractivity (Wildman–Crippen MR) is 43.1 cm³/mol. The summed E-state index contributed by atoms with van der Waals surface area (Å²) in [6, 6.07) is 0. The van der Waals surface area contributed by atoms with E-state index in [-0.39, 0.29) is 5.91 Å². The highest BCUT2D eigenvalue weighted by atomic mass is 79.9. The Kier molecular flexibility index (Phi) is 2.53. The van der Waals surface area contributed by atoms with Gasteiger partial charge in [-0.3, -0.25) is 4.79 Å². The van der Waals surface area contributed by atoms with Crippen molar-refractivity contribution in [3.8, 4) is 0 Å². The van der Waals surface area contributed by atoms with Crippen molar-refractivity contribution in [2.24, 2.45) is 0 Å². The van der Waals surface area contributed by atoms with Crippen molar-refractivity contribution in [1.82, 2.24) is 15.3 Å². The fourth-order valence-electron chi connectivity index (χ4n) is 0.598. The van der Waals surface area contributed by atoms with Crippen LogP contribution in [0.3, 0.4) is 0 Å². The van der Waals surface area contributed by atoms with Gasteiger partial charge in [-0.25, -0.2) is 9.97 Å². The lowest BCUT2D eigenvalue weighted by Crippen LogP contribution is -2.19. The number of carbonyl (C=O) groups is 1. The summed E-state index contributed by atoms with van der Waals surface area (Å²) >= 11 is 3.15. The zero-order chi connectivity index (χ0) is 8.27. The third-order valence-corrected chi connectivity index (χ3v) is 1.69. The first-order valence-electron chi connectivity index (χ1n) is 2.93. The summed E-state index contributed by atoms with van der Waals surface area (Å²) in [4.78, 5) is 18.5. The topological polar surface area (TPSA) is 54.9 Å². The maximum absolute atomic E-state index is 11.0. The number of hydrogen-bond acceptors (Lipinski definition) is 3. The monoisotopic (exact) mass is 215 g/mol. The number of amides is 1. The van der Waals surface area contributed by atoms with Crippen LogP contribution in [0.5, 0.6) is 0 Å². The zero-order valence-corrected chi connectivity index (χ0v) is 7.42. The van der Waals surface area contributed by atoms with Gasteiger partial charge in [0.15, 0.2) is 0 Å². The van der Waals surface area contributed by atoms with E-state index >= 15 is 0 Å². The number of carbonyl (C=O) groups excluding carboxylic acids is 1. The predicted octanol–water partition coefficient (Wildman–Crippen LogP) is 0.599. The molecule has 0 bridgehead atoms. The fourth-order valence-corrected chi connectivity index (χ4v) is 0.999. The molecule has 0 unspecified atom stereocenters. The molecule has 0 radical (unpaired) electrons. The molecule has 0 fully saturated rings. The van der Waals surface area contributed by atoms with Crippen molar-refractivity contribution in [1.29, 1.82) is 0 Å². The first kappa shape index (κ1) is 8.13. The largest absolute Gasteiger partial charge is 0.354 e. The van der Waals surface area contributed by atoms with E-state index in [1.54, 1.807) is 7.05 Å². The van der Waals surface area contributed by atoms with E-state index in [2.05, 4.69) is 31.2 Å². The van der Waals surface area contributed by atoms with Crippen molar-refractivity contribution >= 4 is 21.8 Å². The number of halogens is 1. The van der Waals surface area contributed by atoms with Crippen molar-refractivity contribution in [3.05, 3.63) is 22.7 Å². The van der Waals surface area contributed by atoms with E-state index in [9.17, 15) is 4.79 Å². The fraction of sp³-hybridized carbons (Fsp3) is 0.167. The number of nitrogens with zero attached hydrogens (tertiary/aromatic N) is 2. The van der Waals surface area contributed by atoms with Gasteiger partial charge < -0.3 is 5.32 Å². The average Bonchev–Trinajstić information content (AvgIpc) is 2.04. The molecule has 0 aliphatic carbocycles. The summed E-state index contributed by atoms with van der Waals surface area (Å²) < 4.78 is 0.597. The number of rotatable bonds is 1. The minimum absolute atomic E-state index is 0.223. The molecule has 1 rings (SSSR count). The summed E-state index contributed by atoms with van der Waals surface area (Å²) in [7, 11) is 1.55. The molecular weight excluding hydrogens is 210 g/mol. The van der Waals surface area contributed by atoms with Gasteiger partial charge in [0.1, 0.15) is 12.0 Å². The molecule has 0 atom stereocenters. The van der Waals surface area contributed by atoms with Crippen molar-refractivity contribution in [2.45, 2.75) is 0 Å². The van der Waals surface area contributed by atoms with Gasteiger partial charge in [-0.2, -0.15) is 0 Å². The quantitative estimate of drug-likeness (QED) is 0.747. The molecular formula is C6H6BrN3O. The lowest BCUT2D eigenvalue weighted by atomic mass is 10.4. The van der Waals surface area contributed by atoms with Gasteiger partial charge in [-0.1, -0.05) is 0 Å². The smallest absolute Gasteiger partial charge is 0.270 e. The first-order chi connectivity index (χ1) is 5.25. The summed E-state index contributed by atoms with van der Waals surface area (Å²) in [6.07, 6.45) is 2.85. The van der Waals surface area contributed by atoms with Gasteiger partial charge in [0, 0.05) is 13.2 Å². The average molecular weight is 216 g/mol. The summed E-state index contributed by atoms with van der Waals surface area (Å²) in [5.74, 6) is -0.223. The van der Waals surface area contributed by atoms with E-state index in [1.807, 2.05) is 0 Å². The minimum Gasteiger partial charge on any atom is -0.354 e. The molecule has 0 spiro atoms. The molecule has 0 saturated heterocycles. The highest BCUT2D eigenvalue weighted by Crippen LogP contribution is 2.10. The summed E-state index contributed by atoms with van der Waals surface area (Å²) in [5, 5.41) is 2.46. The molecule has 0 aliphatic heterocycles. The van der Waals surface area contributed by atoms with Crippen LogP contribution < -0.4 is 5.32 Å². The molecule has 1 N–H and O–H groups in total. The molecule has 1 aromatic heterocycles. The Morgan fingerprint density at radius 3 is 3.00 bits per heavy atom. The zero-order valence-electron chi connectivity index (χ0n) is 5.84. The third-order valence-electron chi connectivity index (χ3n) is 1.11. The Bertz CT molecular complexity index is 276. The Balaban J connectivity index is 3.03. The number of hydrogen-bond donors (Lipinski definition) is 1. The third kappa shape index (κ3) is 1.74. The molecule has 1 heterocycles. The van der Waals surface area contributed by atoms with Crippen LogP contribution in [0, 0.1) is 0 Å². The Hall–Kier alpha value is -0.970. The van der Waals surface area contributed by atoms with Gasteiger partial charge in [-0.15, -0.1) is 0 Å². The second-order valence-corrected chi connectivity index (χ2v) is 2.65. The number of aromatic nitrogens is 2. The Morgan fingerprint density at radius 2 is 2.45 bits per heavy atom. The highest BCUT2D eigenvalue weighted by molar-refractivity contribution is 9.10. The molecule has 4 nitrogen and oxygen atoms in total. The van der Waals surface area contributed by atoms with Crippen LogP contribution >= 0.6 is 15.9 Å². The van der Waals surface area contributed by atoms with Crippen molar-refractivity contribution < 1.29 is 4.79 Å². The Morgan fingerprint density at radius 1 is 1.73 bits per heavy atom. The maximum atomic E-state index is 11.0. The van der Waals surface area contributed by atoms with Crippen LogP contribution in [0.1, 0.15) is 10.5 Å². The molecule has 58 valence electrons. The van der Waals surface area contributed by atoms with E-state index in [0.29, 0.717) is 10.2 Å². The standard InChI is InChI=1S/C6H6BrN3O/c1-8-6(11)5-4(7)2-9-3-10-5/h2-3H,1H3,(H,8,11). The molecule has 1 amide bonds. The van der Waals surface area contributed by atoms with Crippen LogP contribution in [0.25, 0.3) is 0 Å². The molecule has 0 saturated carbocycles. The molecule has 0 aliphatic rings.